The van der Waals surface area contributed by atoms with Crippen molar-refractivity contribution in [2.45, 2.75) is 20.4 Å². The highest BCUT2D eigenvalue weighted by atomic mass is 32.1. The minimum atomic E-state index is -0.379. The molecule has 8 heteroatoms. The first-order valence-electron chi connectivity index (χ1n) is 9.04. The number of anilines is 2. The van der Waals surface area contributed by atoms with Crippen molar-refractivity contribution in [2.24, 2.45) is 0 Å². The number of hydrogen-bond acceptors (Lipinski definition) is 5. The van der Waals surface area contributed by atoms with E-state index < -0.39 is 0 Å². The third-order valence-corrected chi connectivity index (χ3v) is 4.64. The Morgan fingerprint density at radius 3 is 2.69 bits per heavy atom. The standard InChI is InChI=1S/C21H19N5O2S/c1-13-3-5-15(6-4-13)11-26-12-22-20(25-26)24-21(29)23-16-7-8-17-14(2)9-19(27)28-18(17)10-16/h3-10,12H,11H2,1-2H3,(H2,23,24,25,29). The van der Waals surface area contributed by atoms with E-state index in [0.717, 1.165) is 16.5 Å². The lowest BCUT2D eigenvalue weighted by Gasteiger charge is -2.09. The summed E-state index contributed by atoms with van der Waals surface area (Å²) in [6.45, 7) is 4.55. The molecule has 0 atom stereocenters. The van der Waals surface area contributed by atoms with Gasteiger partial charge >= 0.3 is 5.63 Å². The zero-order valence-corrected chi connectivity index (χ0v) is 16.8. The lowest BCUT2D eigenvalue weighted by atomic mass is 10.1. The lowest BCUT2D eigenvalue weighted by molar-refractivity contribution is 0.560. The van der Waals surface area contributed by atoms with Gasteiger partial charge in [-0.1, -0.05) is 29.8 Å². The Bertz CT molecular complexity index is 1240. The zero-order chi connectivity index (χ0) is 20.4. The van der Waals surface area contributed by atoms with Crippen LogP contribution in [0.3, 0.4) is 0 Å². The van der Waals surface area contributed by atoms with E-state index in [4.69, 9.17) is 16.6 Å². The first-order chi connectivity index (χ1) is 14.0. The molecule has 0 radical (unpaired) electrons. The average molecular weight is 405 g/mol. The van der Waals surface area contributed by atoms with Crippen LogP contribution in [0.2, 0.25) is 0 Å². The largest absolute Gasteiger partial charge is 0.423 e. The number of hydrogen-bond donors (Lipinski definition) is 2. The first kappa shape index (κ1) is 18.8. The lowest BCUT2D eigenvalue weighted by Crippen LogP contribution is -2.20. The highest BCUT2D eigenvalue weighted by Crippen LogP contribution is 2.20. The molecule has 0 fully saturated rings. The van der Waals surface area contributed by atoms with Crippen molar-refractivity contribution in [1.82, 2.24) is 14.8 Å². The van der Waals surface area contributed by atoms with Gasteiger partial charge in [-0.05, 0) is 49.3 Å². The molecule has 0 aliphatic heterocycles. The molecule has 2 aromatic heterocycles. The van der Waals surface area contributed by atoms with Gasteiger partial charge < -0.3 is 9.73 Å². The van der Waals surface area contributed by atoms with Crippen LogP contribution in [-0.4, -0.2) is 19.9 Å². The molecular formula is C21H19N5O2S. The number of aryl methyl sites for hydroxylation is 2. The maximum atomic E-state index is 11.6. The molecule has 0 aliphatic carbocycles. The van der Waals surface area contributed by atoms with E-state index in [9.17, 15) is 4.79 Å². The van der Waals surface area contributed by atoms with Gasteiger partial charge in [0.05, 0.1) is 6.54 Å². The molecule has 7 nitrogen and oxygen atoms in total. The van der Waals surface area contributed by atoms with Gasteiger partial charge in [0, 0.05) is 23.2 Å². The fourth-order valence-electron chi connectivity index (χ4n) is 2.98. The van der Waals surface area contributed by atoms with Crippen molar-refractivity contribution in [3.63, 3.8) is 0 Å². The molecule has 0 amide bonds. The van der Waals surface area contributed by atoms with Crippen LogP contribution < -0.4 is 16.3 Å². The van der Waals surface area contributed by atoms with Crippen molar-refractivity contribution in [2.75, 3.05) is 10.6 Å². The molecule has 4 rings (SSSR count). The summed E-state index contributed by atoms with van der Waals surface area (Å²) in [4.78, 5) is 15.8. The van der Waals surface area contributed by atoms with Gasteiger partial charge in [0.15, 0.2) is 5.11 Å². The number of benzene rings is 2. The number of thiocarbonyl (C=S) groups is 1. The third-order valence-electron chi connectivity index (χ3n) is 4.44. The summed E-state index contributed by atoms with van der Waals surface area (Å²) in [5.41, 5.74) is 4.05. The van der Waals surface area contributed by atoms with Crippen molar-refractivity contribution < 1.29 is 4.42 Å². The molecule has 0 unspecified atom stereocenters. The number of fused-ring (bicyclic) bond motifs is 1. The normalized spacial score (nSPS) is 10.8. The van der Waals surface area contributed by atoms with Crippen molar-refractivity contribution in [3.8, 4) is 0 Å². The van der Waals surface area contributed by atoms with Gasteiger partial charge in [-0.2, -0.15) is 0 Å². The molecule has 0 spiro atoms. The second-order valence-electron chi connectivity index (χ2n) is 6.79. The fraction of sp³-hybridized carbons (Fsp3) is 0.143. The topological polar surface area (TPSA) is 85.0 Å². The third kappa shape index (κ3) is 4.49. The van der Waals surface area contributed by atoms with Gasteiger partial charge in [0.1, 0.15) is 11.9 Å². The Labute approximate surface area is 172 Å². The Morgan fingerprint density at radius 2 is 1.90 bits per heavy atom. The molecule has 146 valence electrons. The molecule has 2 N–H and O–H groups in total. The van der Waals surface area contributed by atoms with Crippen LogP contribution in [0.25, 0.3) is 11.0 Å². The first-order valence-corrected chi connectivity index (χ1v) is 9.44. The second-order valence-corrected chi connectivity index (χ2v) is 7.20. The Kier molecular flexibility index (Phi) is 5.09. The van der Waals surface area contributed by atoms with Crippen LogP contribution >= 0.6 is 12.2 Å². The van der Waals surface area contributed by atoms with Gasteiger partial charge in [0.2, 0.25) is 5.95 Å². The van der Waals surface area contributed by atoms with Crippen molar-refractivity contribution in [1.29, 1.82) is 0 Å². The molecule has 0 aliphatic rings. The predicted octanol–water partition coefficient (Wildman–Crippen LogP) is 3.86. The van der Waals surface area contributed by atoms with Crippen LogP contribution in [0, 0.1) is 13.8 Å². The summed E-state index contributed by atoms with van der Waals surface area (Å²) in [6, 6.07) is 15.2. The maximum absolute atomic E-state index is 11.6. The molecule has 2 heterocycles. The molecule has 29 heavy (non-hydrogen) atoms. The van der Waals surface area contributed by atoms with Crippen molar-refractivity contribution >= 4 is 39.9 Å². The summed E-state index contributed by atoms with van der Waals surface area (Å²) >= 11 is 5.34. The quantitative estimate of drug-likeness (QED) is 0.394. The number of nitrogens with one attached hydrogen (secondary N) is 2. The van der Waals surface area contributed by atoms with E-state index in [1.807, 2.05) is 19.1 Å². The van der Waals surface area contributed by atoms with Crippen LogP contribution in [0.4, 0.5) is 11.6 Å². The number of rotatable bonds is 4. The summed E-state index contributed by atoms with van der Waals surface area (Å²) in [6.07, 6.45) is 1.65. The minimum Gasteiger partial charge on any atom is -0.423 e. The van der Waals surface area contributed by atoms with Crippen LogP contribution in [0.1, 0.15) is 16.7 Å². The smallest absolute Gasteiger partial charge is 0.336 e. The summed E-state index contributed by atoms with van der Waals surface area (Å²) in [5, 5.41) is 11.6. The Balaban J connectivity index is 1.42. The number of aromatic nitrogens is 3. The summed E-state index contributed by atoms with van der Waals surface area (Å²) in [5.74, 6) is 0.401. The molecule has 0 saturated carbocycles. The molecule has 4 aromatic rings. The van der Waals surface area contributed by atoms with Gasteiger partial charge in [0.25, 0.3) is 0 Å². The van der Waals surface area contributed by atoms with Gasteiger partial charge in [-0.3, -0.25) is 5.32 Å². The van der Waals surface area contributed by atoms with Crippen LogP contribution in [-0.2, 0) is 6.54 Å². The highest BCUT2D eigenvalue weighted by molar-refractivity contribution is 7.80. The van der Waals surface area contributed by atoms with Crippen LogP contribution in [0.15, 0.2) is 64.1 Å². The predicted molar refractivity (Wildman–Crippen MR) is 117 cm³/mol. The van der Waals surface area contributed by atoms with Crippen LogP contribution in [0.5, 0.6) is 0 Å². The summed E-state index contributed by atoms with van der Waals surface area (Å²) < 4.78 is 7.00. The fourth-order valence-corrected chi connectivity index (χ4v) is 3.18. The van der Waals surface area contributed by atoms with Gasteiger partial charge in [-0.15, -0.1) is 5.10 Å². The average Bonchev–Trinajstić information content (AvgIpc) is 3.09. The molecular weight excluding hydrogens is 386 g/mol. The Morgan fingerprint density at radius 1 is 1.10 bits per heavy atom. The van der Waals surface area contributed by atoms with Gasteiger partial charge in [-0.25, -0.2) is 14.5 Å². The SMILES string of the molecule is Cc1ccc(Cn2cnc(NC(=S)Nc3ccc4c(C)cc(=O)oc4c3)n2)cc1. The highest BCUT2D eigenvalue weighted by Gasteiger charge is 2.07. The monoisotopic (exact) mass is 405 g/mol. The minimum absolute atomic E-state index is 0.340. The van der Waals surface area contributed by atoms with E-state index in [1.54, 1.807) is 17.1 Å². The Hall–Kier alpha value is -3.52. The number of nitrogens with zero attached hydrogens (tertiary/aromatic N) is 3. The zero-order valence-electron chi connectivity index (χ0n) is 16.0. The van der Waals surface area contributed by atoms with E-state index in [0.29, 0.717) is 28.9 Å². The van der Waals surface area contributed by atoms with Crippen molar-refractivity contribution in [3.05, 3.63) is 82.0 Å². The second kappa shape index (κ2) is 7.84. The maximum Gasteiger partial charge on any atom is 0.336 e. The molecule has 0 saturated heterocycles. The van der Waals surface area contributed by atoms with E-state index >= 15 is 0 Å². The van der Waals surface area contributed by atoms with E-state index in [1.165, 1.54) is 11.6 Å². The van der Waals surface area contributed by atoms with E-state index in [2.05, 4.69) is 51.9 Å². The molecule has 2 aromatic carbocycles. The summed E-state index contributed by atoms with van der Waals surface area (Å²) in [7, 11) is 0. The molecule has 0 bridgehead atoms. The van der Waals surface area contributed by atoms with E-state index in [-0.39, 0.29) is 5.63 Å².